The van der Waals surface area contributed by atoms with Gasteiger partial charge in [0.15, 0.2) is 0 Å². The molecule has 0 aromatic heterocycles. The third kappa shape index (κ3) is 8.68. The molecule has 0 saturated carbocycles. The summed E-state index contributed by atoms with van der Waals surface area (Å²) in [5.74, 6) is 0. The van der Waals surface area contributed by atoms with Crippen LogP contribution < -0.4 is 10.2 Å². The maximum Gasteiger partial charge on any atom is 0.0462 e. The molecule has 0 bridgehead atoms. The maximum atomic E-state index is 3.58. The lowest BCUT2D eigenvalue weighted by molar-refractivity contribution is 0.978. The van der Waals surface area contributed by atoms with Gasteiger partial charge in [-0.3, -0.25) is 0 Å². The Bertz CT molecular complexity index is 2640. The highest BCUT2D eigenvalue weighted by atomic mass is 15.1. The Kier molecular flexibility index (Phi) is 12.0. The molecule has 0 radical (unpaired) electrons. The number of benzene rings is 7. The maximum absolute atomic E-state index is 3.58. The first kappa shape index (κ1) is 38.9. The van der Waals surface area contributed by atoms with Gasteiger partial charge in [-0.15, -0.1) is 0 Å². The van der Waals surface area contributed by atoms with E-state index in [1.54, 1.807) is 0 Å². The molecule has 0 amide bonds. The smallest absolute Gasteiger partial charge is 0.0462 e. The molecule has 7 aromatic carbocycles. The van der Waals surface area contributed by atoms with Crippen molar-refractivity contribution in [2.24, 2.45) is 0 Å². The van der Waals surface area contributed by atoms with E-state index in [2.05, 4.69) is 238 Å². The number of hydrogen-bond donors (Lipinski definition) is 1. The van der Waals surface area contributed by atoms with Gasteiger partial charge in [0, 0.05) is 28.4 Å². The topological polar surface area (TPSA) is 15.3 Å². The van der Waals surface area contributed by atoms with Crippen molar-refractivity contribution in [1.82, 2.24) is 0 Å². The molecule has 2 nitrogen and oxygen atoms in total. The van der Waals surface area contributed by atoms with Crippen LogP contribution in [0.3, 0.4) is 0 Å². The second-order valence-electron chi connectivity index (χ2n) is 15.2. The van der Waals surface area contributed by atoms with Gasteiger partial charge in [0.05, 0.1) is 0 Å². The molecule has 0 aliphatic heterocycles. The van der Waals surface area contributed by atoms with Crippen molar-refractivity contribution >= 4 is 45.7 Å². The lowest BCUT2D eigenvalue weighted by Gasteiger charge is -2.26. The largest absolute Gasteiger partial charge is 0.356 e. The van der Waals surface area contributed by atoms with Crippen LogP contribution in [-0.2, 0) is 6.42 Å². The zero-order valence-corrected chi connectivity index (χ0v) is 34.6. The van der Waals surface area contributed by atoms with E-state index >= 15 is 0 Å². The molecule has 0 saturated heterocycles. The summed E-state index contributed by atoms with van der Waals surface area (Å²) in [5, 5.41) is 3.58. The van der Waals surface area contributed by atoms with E-state index in [4.69, 9.17) is 0 Å². The Labute approximate surface area is 351 Å². The van der Waals surface area contributed by atoms with Crippen LogP contribution in [0.5, 0.6) is 0 Å². The van der Waals surface area contributed by atoms with Gasteiger partial charge in [0.1, 0.15) is 0 Å². The predicted molar refractivity (Wildman–Crippen MR) is 256 cm³/mol. The van der Waals surface area contributed by atoms with Crippen LogP contribution in [0.4, 0.5) is 28.4 Å². The Morgan fingerprint density at radius 3 is 1.76 bits per heavy atom. The Morgan fingerprint density at radius 1 is 0.593 bits per heavy atom. The van der Waals surface area contributed by atoms with Crippen LogP contribution in [-0.4, -0.2) is 0 Å². The number of hydrogen-bond acceptors (Lipinski definition) is 2. The summed E-state index contributed by atoms with van der Waals surface area (Å²) in [4.78, 5) is 2.36. The van der Waals surface area contributed by atoms with Gasteiger partial charge in [0.25, 0.3) is 0 Å². The number of nitrogens with zero attached hydrogens (tertiary/aromatic N) is 1. The second kappa shape index (κ2) is 18.1. The van der Waals surface area contributed by atoms with Gasteiger partial charge in [-0.2, -0.15) is 0 Å². The number of fused-ring (bicyclic) bond motifs is 1. The molecule has 0 spiro atoms. The van der Waals surface area contributed by atoms with Crippen LogP contribution in [0.2, 0.25) is 0 Å². The van der Waals surface area contributed by atoms with Crippen molar-refractivity contribution in [3.63, 3.8) is 0 Å². The van der Waals surface area contributed by atoms with Gasteiger partial charge < -0.3 is 10.2 Å². The van der Waals surface area contributed by atoms with E-state index < -0.39 is 0 Å². The van der Waals surface area contributed by atoms with E-state index in [-0.39, 0.29) is 0 Å². The molecule has 0 heterocycles. The first-order valence-electron chi connectivity index (χ1n) is 21.0. The summed E-state index contributed by atoms with van der Waals surface area (Å²) in [7, 11) is 0. The predicted octanol–water partition coefficient (Wildman–Crippen LogP) is 16.3. The number of aryl methyl sites for hydroxylation is 2. The van der Waals surface area contributed by atoms with Gasteiger partial charge >= 0.3 is 0 Å². The van der Waals surface area contributed by atoms with Crippen molar-refractivity contribution in [2.45, 2.75) is 47.0 Å². The normalized spacial score (nSPS) is 12.7. The van der Waals surface area contributed by atoms with Crippen molar-refractivity contribution in [3.05, 3.63) is 228 Å². The fourth-order valence-corrected chi connectivity index (χ4v) is 8.17. The lowest BCUT2D eigenvalue weighted by Crippen LogP contribution is -2.10. The fourth-order valence-electron chi connectivity index (χ4n) is 8.17. The molecular weight excluding hydrogens is 713 g/mol. The highest BCUT2D eigenvalue weighted by Gasteiger charge is 2.17. The zero-order chi connectivity index (χ0) is 40.6. The standard InChI is InChI=1S/C57H52N2/c1-5-8-15-42(7-3)43-21-31-49(32-22-43)58-50-33-23-44(24-34-50)45-25-35-51(36-26-45)59(52-37-27-47(28-38-52)55-19-11-14-41(4)54(55)13-6-2)53-39-29-48(30-40-53)57-20-12-17-46-16-9-10-18-56(46)57/h6-11,13-16,18-40,58H,5,12,17H2,1-4H3/b13-6-,15-8-,42-7+. The number of rotatable bonds is 12. The molecule has 2 heteroatoms. The van der Waals surface area contributed by atoms with Crippen LogP contribution in [0.25, 0.3) is 39.5 Å². The monoisotopic (exact) mass is 764 g/mol. The quantitative estimate of drug-likeness (QED) is 0.125. The van der Waals surface area contributed by atoms with E-state index in [0.717, 1.165) is 47.7 Å². The van der Waals surface area contributed by atoms with E-state index in [1.165, 1.54) is 66.8 Å². The SMILES string of the molecule is C/C=C\c1c(C)cccc1-c1ccc(N(c2ccc(C3=CCCc4ccccc43)cc2)c2ccc(-c3ccc(Nc4ccc(C(/C=C\CC)=C/C)cc4)cc3)cc2)cc1. The molecule has 0 atom stereocenters. The molecule has 8 rings (SSSR count). The average molecular weight is 765 g/mol. The molecule has 1 N–H and O–H groups in total. The van der Waals surface area contributed by atoms with Crippen LogP contribution in [0.15, 0.2) is 194 Å². The highest BCUT2D eigenvalue weighted by molar-refractivity contribution is 5.86. The van der Waals surface area contributed by atoms with Crippen LogP contribution >= 0.6 is 0 Å². The van der Waals surface area contributed by atoms with E-state index in [1.807, 2.05) is 0 Å². The van der Waals surface area contributed by atoms with Gasteiger partial charge in [0.2, 0.25) is 0 Å². The molecule has 59 heavy (non-hydrogen) atoms. The number of nitrogens with one attached hydrogen (secondary N) is 1. The minimum Gasteiger partial charge on any atom is -0.356 e. The third-order valence-electron chi connectivity index (χ3n) is 11.3. The van der Waals surface area contributed by atoms with Gasteiger partial charge in [-0.05, 0) is 167 Å². The summed E-state index contributed by atoms with van der Waals surface area (Å²) in [6.07, 6.45) is 16.5. The van der Waals surface area contributed by atoms with Crippen molar-refractivity contribution in [1.29, 1.82) is 0 Å². The molecule has 0 fully saturated rings. The molecule has 1 aliphatic rings. The van der Waals surface area contributed by atoms with Crippen molar-refractivity contribution in [3.8, 4) is 22.3 Å². The average Bonchev–Trinajstić information content (AvgIpc) is 3.29. The minimum absolute atomic E-state index is 1.03. The highest BCUT2D eigenvalue weighted by Crippen LogP contribution is 2.39. The molecule has 0 unspecified atom stereocenters. The Morgan fingerprint density at radius 2 is 1.15 bits per heavy atom. The third-order valence-corrected chi connectivity index (χ3v) is 11.3. The summed E-state index contributed by atoms with van der Waals surface area (Å²) >= 11 is 0. The first-order valence-corrected chi connectivity index (χ1v) is 21.0. The number of anilines is 5. The molecule has 290 valence electrons. The summed E-state index contributed by atoms with van der Waals surface area (Å²) < 4.78 is 0. The minimum atomic E-state index is 1.03. The van der Waals surface area contributed by atoms with Gasteiger partial charge in [-0.25, -0.2) is 0 Å². The number of allylic oxidation sites excluding steroid dienone is 6. The van der Waals surface area contributed by atoms with Crippen molar-refractivity contribution < 1.29 is 0 Å². The zero-order valence-electron chi connectivity index (χ0n) is 34.6. The molecule has 7 aromatic rings. The van der Waals surface area contributed by atoms with Crippen molar-refractivity contribution in [2.75, 3.05) is 10.2 Å². The summed E-state index contributed by atoms with van der Waals surface area (Å²) in [6, 6.07) is 59.8. The van der Waals surface area contributed by atoms with Crippen LogP contribution in [0.1, 0.15) is 67.0 Å². The summed E-state index contributed by atoms with van der Waals surface area (Å²) in [5.41, 5.74) is 20.6. The second-order valence-corrected chi connectivity index (χ2v) is 15.2. The van der Waals surface area contributed by atoms with Crippen LogP contribution in [0, 0.1) is 6.92 Å². The fraction of sp³-hybridized carbons (Fsp3) is 0.123. The lowest BCUT2D eigenvalue weighted by atomic mass is 9.87. The summed E-state index contributed by atoms with van der Waals surface area (Å²) in [6.45, 7) is 8.51. The first-order chi connectivity index (χ1) is 29.0. The Hall–Kier alpha value is -6.90. The van der Waals surface area contributed by atoms with Gasteiger partial charge in [-0.1, -0.05) is 147 Å². The Balaban J connectivity index is 1.07. The molecular formula is C57H52N2. The molecule has 1 aliphatic carbocycles. The van der Waals surface area contributed by atoms with E-state index in [0.29, 0.717) is 0 Å². The van der Waals surface area contributed by atoms with E-state index in [9.17, 15) is 0 Å².